The average Bonchev–Trinajstić information content (AvgIpc) is 3.03. The van der Waals surface area contributed by atoms with Crippen LogP contribution < -0.4 is 0 Å². The summed E-state index contributed by atoms with van der Waals surface area (Å²) in [5.41, 5.74) is 2.80. The first kappa shape index (κ1) is 13.7. The summed E-state index contributed by atoms with van der Waals surface area (Å²) in [6, 6.07) is 0. The number of rotatable bonds is 3. The van der Waals surface area contributed by atoms with Gasteiger partial charge in [-0.25, -0.2) is 0 Å². The number of carbonyl (C=O) groups excluding carboxylic acids is 1. The van der Waals surface area contributed by atoms with Crippen molar-refractivity contribution in [2.45, 2.75) is 26.2 Å². The molecular weight excluding hydrogens is 266 g/mol. The lowest BCUT2D eigenvalue weighted by atomic mass is 9.92. The molecule has 1 aliphatic rings. The van der Waals surface area contributed by atoms with Crippen LogP contribution in [-0.2, 0) is 11.2 Å². The highest BCUT2D eigenvalue weighted by Gasteiger charge is 2.21. The second-order valence-electron chi connectivity index (χ2n) is 5.53. The molecule has 0 bridgehead atoms. The van der Waals surface area contributed by atoms with Gasteiger partial charge in [-0.3, -0.25) is 19.9 Å². The number of nitrogens with zero attached hydrogens (tertiary/aromatic N) is 4. The molecule has 0 aromatic carbocycles. The Hall–Kier alpha value is -2.24. The lowest BCUT2D eigenvalue weighted by Gasteiger charge is -2.31. The van der Waals surface area contributed by atoms with E-state index in [1.165, 1.54) is 0 Å². The van der Waals surface area contributed by atoms with Gasteiger partial charge in [0, 0.05) is 38.0 Å². The van der Waals surface area contributed by atoms with Crippen molar-refractivity contribution < 1.29 is 4.79 Å². The van der Waals surface area contributed by atoms with Gasteiger partial charge in [-0.2, -0.15) is 5.10 Å². The Kier molecular flexibility index (Phi) is 3.94. The summed E-state index contributed by atoms with van der Waals surface area (Å²) in [6.07, 6.45) is 10.2. The zero-order chi connectivity index (χ0) is 14.7. The Bertz CT molecular complexity index is 585. The van der Waals surface area contributed by atoms with Crippen LogP contribution in [0.3, 0.4) is 0 Å². The number of H-pyrrole nitrogens is 1. The minimum absolute atomic E-state index is 0.178. The summed E-state index contributed by atoms with van der Waals surface area (Å²) in [6.45, 7) is 3.36. The first-order valence-electron chi connectivity index (χ1n) is 7.28. The highest BCUT2D eigenvalue weighted by atomic mass is 16.2. The fourth-order valence-corrected chi connectivity index (χ4v) is 2.75. The molecule has 1 saturated heterocycles. The smallest absolute Gasteiger partial charge is 0.219 e. The number of aromatic nitrogens is 4. The lowest BCUT2D eigenvalue weighted by molar-refractivity contribution is -0.130. The van der Waals surface area contributed by atoms with E-state index < -0.39 is 0 Å². The molecule has 0 radical (unpaired) electrons. The van der Waals surface area contributed by atoms with Crippen LogP contribution in [0.2, 0.25) is 0 Å². The molecule has 0 unspecified atom stereocenters. The molecule has 1 N–H and O–H groups in total. The first-order chi connectivity index (χ1) is 10.2. The van der Waals surface area contributed by atoms with Gasteiger partial charge in [0.15, 0.2) is 0 Å². The summed E-state index contributed by atoms with van der Waals surface area (Å²) in [5.74, 6) is 0.771. The average molecular weight is 285 g/mol. The molecule has 6 heteroatoms. The van der Waals surface area contributed by atoms with Crippen LogP contribution in [0.15, 0.2) is 24.8 Å². The third-order valence-corrected chi connectivity index (χ3v) is 4.06. The highest BCUT2D eigenvalue weighted by Crippen LogP contribution is 2.21. The molecule has 0 atom stereocenters. The summed E-state index contributed by atoms with van der Waals surface area (Å²) in [7, 11) is 0. The minimum Gasteiger partial charge on any atom is -0.343 e. The van der Waals surface area contributed by atoms with Crippen molar-refractivity contribution in [2.75, 3.05) is 13.1 Å². The molecular formula is C15H19N5O. The Labute approximate surface area is 123 Å². The van der Waals surface area contributed by atoms with Gasteiger partial charge in [-0.1, -0.05) is 0 Å². The summed E-state index contributed by atoms with van der Waals surface area (Å²) in [5, 5.41) is 6.68. The molecule has 2 aromatic rings. The Morgan fingerprint density at radius 3 is 2.67 bits per heavy atom. The van der Waals surface area contributed by atoms with Crippen LogP contribution in [0.1, 0.15) is 25.5 Å². The third-order valence-electron chi connectivity index (χ3n) is 4.06. The van der Waals surface area contributed by atoms with Gasteiger partial charge in [0.05, 0.1) is 23.8 Å². The van der Waals surface area contributed by atoms with Crippen molar-refractivity contribution in [3.8, 4) is 11.3 Å². The molecule has 1 amide bonds. The maximum Gasteiger partial charge on any atom is 0.219 e. The van der Waals surface area contributed by atoms with E-state index in [4.69, 9.17) is 0 Å². The van der Waals surface area contributed by atoms with Crippen molar-refractivity contribution >= 4 is 5.91 Å². The SMILES string of the molecule is CC(=O)N1CCC(Cc2cnc(-c3cn[nH]c3)cn2)CC1. The number of nitrogens with one attached hydrogen (secondary N) is 1. The van der Waals surface area contributed by atoms with E-state index in [0.29, 0.717) is 5.92 Å². The van der Waals surface area contributed by atoms with E-state index >= 15 is 0 Å². The quantitative estimate of drug-likeness (QED) is 0.930. The second kappa shape index (κ2) is 6.03. The number of amides is 1. The maximum atomic E-state index is 11.3. The molecule has 110 valence electrons. The molecule has 3 rings (SSSR count). The zero-order valence-corrected chi connectivity index (χ0v) is 12.1. The predicted octanol–water partition coefficient (Wildman–Crippen LogP) is 1.67. The normalized spacial score (nSPS) is 16.1. The first-order valence-corrected chi connectivity index (χ1v) is 7.28. The standard InChI is InChI=1S/C15H19N5O/c1-11(21)20-4-2-12(3-5-20)6-14-9-17-15(10-16-14)13-7-18-19-8-13/h7-10,12H,2-6H2,1H3,(H,18,19). The van der Waals surface area contributed by atoms with Crippen molar-refractivity contribution in [3.05, 3.63) is 30.5 Å². The fourth-order valence-electron chi connectivity index (χ4n) is 2.75. The molecule has 21 heavy (non-hydrogen) atoms. The van der Waals surface area contributed by atoms with Gasteiger partial charge in [0.2, 0.25) is 5.91 Å². The molecule has 0 saturated carbocycles. The largest absolute Gasteiger partial charge is 0.343 e. The number of hydrogen-bond acceptors (Lipinski definition) is 4. The van der Waals surface area contributed by atoms with Gasteiger partial charge in [-0.05, 0) is 25.2 Å². The second-order valence-corrected chi connectivity index (χ2v) is 5.53. The van der Waals surface area contributed by atoms with Crippen LogP contribution in [0.5, 0.6) is 0 Å². The molecule has 1 aliphatic heterocycles. The summed E-state index contributed by atoms with van der Waals surface area (Å²) >= 11 is 0. The van der Waals surface area contributed by atoms with Crippen LogP contribution in [0.4, 0.5) is 0 Å². The van der Waals surface area contributed by atoms with Gasteiger partial charge < -0.3 is 4.90 Å². The van der Waals surface area contributed by atoms with Crippen LogP contribution in [-0.4, -0.2) is 44.1 Å². The summed E-state index contributed by atoms with van der Waals surface area (Å²) < 4.78 is 0. The Morgan fingerprint density at radius 2 is 2.10 bits per heavy atom. The topological polar surface area (TPSA) is 74.8 Å². The molecule has 6 nitrogen and oxygen atoms in total. The Balaban J connectivity index is 1.58. The van der Waals surface area contributed by atoms with Crippen molar-refractivity contribution in [1.29, 1.82) is 0 Å². The molecule has 3 heterocycles. The van der Waals surface area contributed by atoms with E-state index in [1.807, 2.05) is 11.1 Å². The minimum atomic E-state index is 0.178. The molecule has 0 spiro atoms. The van der Waals surface area contributed by atoms with Crippen LogP contribution in [0, 0.1) is 5.92 Å². The number of piperidine rings is 1. The van der Waals surface area contributed by atoms with E-state index in [-0.39, 0.29) is 5.91 Å². The van der Waals surface area contributed by atoms with Gasteiger partial charge in [0.25, 0.3) is 0 Å². The van der Waals surface area contributed by atoms with Gasteiger partial charge in [-0.15, -0.1) is 0 Å². The predicted molar refractivity (Wildman–Crippen MR) is 78.3 cm³/mol. The number of hydrogen-bond donors (Lipinski definition) is 1. The number of aromatic amines is 1. The molecule has 0 aliphatic carbocycles. The number of likely N-dealkylation sites (tertiary alicyclic amines) is 1. The van der Waals surface area contributed by atoms with Gasteiger partial charge >= 0.3 is 0 Å². The monoisotopic (exact) mass is 285 g/mol. The van der Waals surface area contributed by atoms with Gasteiger partial charge in [0.1, 0.15) is 0 Å². The Morgan fingerprint density at radius 1 is 1.29 bits per heavy atom. The fraction of sp³-hybridized carbons (Fsp3) is 0.467. The van der Waals surface area contributed by atoms with Crippen molar-refractivity contribution in [1.82, 2.24) is 25.1 Å². The summed E-state index contributed by atoms with van der Waals surface area (Å²) in [4.78, 5) is 22.2. The lowest BCUT2D eigenvalue weighted by Crippen LogP contribution is -2.37. The van der Waals surface area contributed by atoms with Crippen molar-refractivity contribution in [3.63, 3.8) is 0 Å². The molecule has 2 aromatic heterocycles. The highest BCUT2D eigenvalue weighted by molar-refractivity contribution is 5.73. The van der Waals surface area contributed by atoms with E-state index in [0.717, 1.165) is 49.3 Å². The van der Waals surface area contributed by atoms with Crippen LogP contribution >= 0.6 is 0 Å². The zero-order valence-electron chi connectivity index (χ0n) is 12.1. The van der Waals surface area contributed by atoms with E-state index in [1.54, 1.807) is 25.5 Å². The van der Waals surface area contributed by atoms with Crippen LogP contribution in [0.25, 0.3) is 11.3 Å². The van der Waals surface area contributed by atoms with E-state index in [9.17, 15) is 4.79 Å². The maximum absolute atomic E-state index is 11.3. The number of carbonyl (C=O) groups is 1. The van der Waals surface area contributed by atoms with Crippen molar-refractivity contribution in [2.24, 2.45) is 5.92 Å². The molecule has 1 fully saturated rings. The third kappa shape index (κ3) is 3.26. The van der Waals surface area contributed by atoms with E-state index in [2.05, 4.69) is 20.2 Å².